The van der Waals surface area contributed by atoms with E-state index < -0.39 is 0 Å². The van der Waals surface area contributed by atoms with Gasteiger partial charge in [-0.3, -0.25) is 4.90 Å². The molecule has 2 heterocycles. The predicted molar refractivity (Wildman–Crippen MR) is 97.3 cm³/mol. The van der Waals surface area contributed by atoms with Crippen molar-refractivity contribution in [1.82, 2.24) is 9.80 Å². The first-order valence-electron chi connectivity index (χ1n) is 9.61. The zero-order chi connectivity index (χ0) is 15.6. The van der Waals surface area contributed by atoms with Crippen molar-refractivity contribution in [2.75, 3.05) is 51.2 Å². The molecule has 0 amide bonds. The lowest BCUT2D eigenvalue weighted by molar-refractivity contribution is 0.102. The number of likely N-dealkylation sites (N-methyl/N-ethyl adjacent to an activating group) is 1. The van der Waals surface area contributed by atoms with Crippen LogP contribution in [0.1, 0.15) is 49.3 Å². The molecule has 0 bridgehead atoms. The van der Waals surface area contributed by atoms with E-state index in [2.05, 4.69) is 39.9 Å². The third-order valence-corrected chi connectivity index (χ3v) is 6.11. The summed E-state index contributed by atoms with van der Waals surface area (Å²) in [5.74, 6) is 0. The number of hydrogen-bond donors (Lipinski definition) is 0. The first-order valence-corrected chi connectivity index (χ1v) is 9.61. The van der Waals surface area contributed by atoms with E-state index in [1.807, 2.05) is 0 Å². The largest absolute Gasteiger partial charge is 0.372 e. The minimum atomic E-state index is 0.664. The standard InChI is InChI=1S/C20H31N3/c1-21-12-14-23(15-13-21)20-7-5-6-17-8-9-18(16-19(17)20)22-10-3-2-4-11-22/h8-9,16,20H,2-7,10-15H2,1H3. The molecular formula is C20H31N3. The molecule has 1 atom stereocenters. The monoisotopic (exact) mass is 313 g/mol. The number of fused-ring (bicyclic) bond motifs is 1. The fourth-order valence-electron chi connectivity index (χ4n) is 4.62. The molecule has 0 N–H and O–H groups in total. The third kappa shape index (κ3) is 3.27. The van der Waals surface area contributed by atoms with Crippen molar-refractivity contribution >= 4 is 5.69 Å². The van der Waals surface area contributed by atoms with Gasteiger partial charge in [0.15, 0.2) is 0 Å². The van der Waals surface area contributed by atoms with E-state index in [-0.39, 0.29) is 0 Å². The second-order valence-electron chi connectivity index (χ2n) is 7.68. The van der Waals surface area contributed by atoms with Crippen LogP contribution < -0.4 is 4.90 Å². The molecule has 126 valence electrons. The van der Waals surface area contributed by atoms with Crippen LogP contribution in [0.3, 0.4) is 0 Å². The Balaban J connectivity index is 1.58. The molecule has 3 heteroatoms. The van der Waals surface area contributed by atoms with Gasteiger partial charge in [-0.05, 0) is 68.8 Å². The first kappa shape index (κ1) is 15.5. The molecule has 3 aliphatic rings. The Morgan fingerprint density at radius 1 is 0.870 bits per heavy atom. The van der Waals surface area contributed by atoms with Gasteiger partial charge in [0, 0.05) is 51.0 Å². The lowest BCUT2D eigenvalue weighted by Gasteiger charge is -2.41. The van der Waals surface area contributed by atoms with Crippen molar-refractivity contribution in [2.45, 2.75) is 44.6 Å². The van der Waals surface area contributed by atoms with Gasteiger partial charge in [-0.2, -0.15) is 0 Å². The number of benzene rings is 1. The van der Waals surface area contributed by atoms with Crippen molar-refractivity contribution in [2.24, 2.45) is 0 Å². The van der Waals surface area contributed by atoms with Gasteiger partial charge in [-0.1, -0.05) is 6.07 Å². The Labute approximate surface area is 141 Å². The molecule has 1 aromatic carbocycles. The zero-order valence-corrected chi connectivity index (χ0v) is 14.6. The van der Waals surface area contributed by atoms with E-state index in [4.69, 9.17) is 0 Å². The normalized spacial score (nSPS) is 27.0. The topological polar surface area (TPSA) is 9.72 Å². The van der Waals surface area contributed by atoms with Gasteiger partial charge in [0.25, 0.3) is 0 Å². The smallest absolute Gasteiger partial charge is 0.0369 e. The van der Waals surface area contributed by atoms with Crippen LogP contribution in [0.2, 0.25) is 0 Å². The Morgan fingerprint density at radius 2 is 1.65 bits per heavy atom. The lowest BCUT2D eigenvalue weighted by Crippen LogP contribution is -2.46. The molecule has 0 aromatic heterocycles. The maximum Gasteiger partial charge on any atom is 0.0369 e. The van der Waals surface area contributed by atoms with Crippen molar-refractivity contribution in [3.8, 4) is 0 Å². The predicted octanol–water partition coefficient (Wildman–Crippen LogP) is 3.30. The molecule has 0 spiro atoms. The highest BCUT2D eigenvalue weighted by Gasteiger charge is 2.28. The first-order chi connectivity index (χ1) is 11.3. The number of anilines is 1. The van der Waals surface area contributed by atoms with Gasteiger partial charge in [-0.25, -0.2) is 0 Å². The summed E-state index contributed by atoms with van der Waals surface area (Å²) in [6.45, 7) is 7.40. The second kappa shape index (κ2) is 6.82. The average molecular weight is 313 g/mol. The number of nitrogens with zero attached hydrogens (tertiary/aromatic N) is 3. The molecule has 2 saturated heterocycles. The fraction of sp³-hybridized carbons (Fsp3) is 0.700. The van der Waals surface area contributed by atoms with Gasteiger partial charge in [0.05, 0.1) is 0 Å². The molecule has 3 nitrogen and oxygen atoms in total. The van der Waals surface area contributed by atoms with Crippen molar-refractivity contribution in [3.63, 3.8) is 0 Å². The average Bonchev–Trinajstić information content (AvgIpc) is 2.62. The van der Waals surface area contributed by atoms with E-state index in [1.54, 1.807) is 11.1 Å². The van der Waals surface area contributed by atoms with Crippen LogP contribution in [0.5, 0.6) is 0 Å². The van der Waals surface area contributed by atoms with Crippen LogP contribution in [-0.2, 0) is 6.42 Å². The molecule has 0 radical (unpaired) electrons. The maximum atomic E-state index is 2.75. The molecule has 1 unspecified atom stereocenters. The molecule has 2 aliphatic heterocycles. The van der Waals surface area contributed by atoms with E-state index in [1.165, 1.54) is 83.5 Å². The van der Waals surface area contributed by atoms with E-state index in [0.717, 1.165) is 0 Å². The summed E-state index contributed by atoms with van der Waals surface area (Å²) in [6, 6.07) is 8.03. The summed E-state index contributed by atoms with van der Waals surface area (Å²) in [5.41, 5.74) is 4.73. The van der Waals surface area contributed by atoms with E-state index in [9.17, 15) is 0 Å². The molecular weight excluding hydrogens is 282 g/mol. The number of hydrogen-bond acceptors (Lipinski definition) is 3. The minimum Gasteiger partial charge on any atom is -0.372 e. The Morgan fingerprint density at radius 3 is 2.43 bits per heavy atom. The molecule has 4 rings (SSSR count). The minimum absolute atomic E-state index is 0.664. The molecule has 23 heavy (non-hydrogen) atoms. The summed E-state index contributed by atoms with van der Waals surface area (Å²) in [5, 5.41) is 0. The summed E-state index contributed by atoms with van der Waals surface area (Å²) in [4.78, 5) is 7.82. The zero-order valence-electron chi connectivity index (χ0n) is 14.6. The lowest BCUT2D eigenvalue weighted by atomic mass is 9.86. The highest BCUT2D eigenvalue weighted by atomic mass is 15.3. The van der Waals surface area contributed by atoms with Gasteiger partial charge in [0.2, 0.25) is 0 Å². The molecule has 1 aliphatic carbocycles. The van der Waals surface area contributed by atoms with Gasteiger partial charge < -0.3 is 9.80 Å². The number of rotatable bonds is 2. The van der Waals surface area contributed by atoms with Gasteiger partial charge in [0.1, 0.15) is 0 Å². The van der Waals surface area contributed by atoms with Gasteiger partial charge in [-0.15, -0.1) is 0 Å². The summed E-state index contributed by atoms with van der Waals surface area (Å²) in [7, 11) is 2.25. The summed E-state index contributed by atoms with van der Waals surface area (Å²) in [6.07, 6.45) is 8.11. The van der Waals surface area contributed by atoms with Crippen LogP contribution >= 0.6 is 0 Å². The SMILES string of the molecule is CN1CCN(C2CCCc3ccc(N4CCCCC4)cc32)CC1. The van der Waals surface area contributed by atoms with Crippen molar-refractivity contribution < 1.29 is 0 Å². The molecule has 2 fully saturated rings. The van der Waals surface area contributed by atoms with E-state index in [0.29, 0.717) is 6.04 Å². The van der Waals surface area contributed by atoms with Crippen molar-refractivity contribution in [1.29, 1.82) is 0 Å². The van der Waals surface area contributed by atoms with Crippen LogP contribution in [0.15, 0.2) is 18.2 Å². The summed E-state index contributed by atoms with van der Waals surface area (Å²) >= 11 is 0. The second-order valence-corrected chi connectivity index (χ2v) is 7.68. The van der Waals surface area contributed by atoms with Gasteiger partial charge >= 0.3 is 0 Å². The van der Waals surface area contributed by atoms with Crippen LogP contribution in [0, 0.1) is 0 Å². The number of piperidine rings is 1. The van der Waals surface area contributed by atoms with E-state index >= 15 is 0 Å². The Hall–Kier alpha value is -1.06. The fourth-order valence-corrected chi connectivity index (χ4v) is 4.62. The highest BCUT2D eigenvalue weighted by molar-refractivity contribution is 5.53. The quantitative estimate of drug-likeness (QED) is 0.829. The highest BCUT2D eigenvalue weighted by Crippen LogP contribution is 2.37. The number of aryl methyl sites for hydroxylation is 1. The maximum absolute atomic E-state index is 2.75. The number of piperazine rings is 1. The molecule has 1 aromatic rings. The summed E-state index contributed by atoms with van der Waals surface area (Å²) < 4.78 is 0. The van der Waals surface area contributed by atoms with Crippen LogP contribution in [0.4, 0.5) is 5.69 Å². The Kier molecular flexibility index (Phi) is 4.59. The Bertz CT molecular complexity index is 528. The van der Waals surface area contributed by atoms with Crippen LogP contribution in [-0.4, -0.2) is 56.1 Å². The third-order valence-electron chi connectivity index (χ3n) is 6.11. The molecule has 0 saturated carbocycles. The van der Waals surface area contributed by atoms with Crippen LogP contribution in [0.25, 0.3) is 0 Å². The van der Waals surface area contributed by atoms with Crippen molar-refractivity contribution in [3.05, 3.63) is 29.3 Å².